The first-order valence-electron chi connectivity index (χ1n) is 7.58. The van der Waals surface area contributed by atoms with E-state index in [4.69, 9.17) is 4.74 Å². The molecule has 0 saturated carbocycles. The predicted octanol–water partition coefficient (Wildman–Crippen LogP) is 2.47. The van der Waals surface area contributed by atoms with Crippen molar-refractivity contribution in [3.63, 3.8) is 0 Å². The van der Waals surface area contributed by atoms with Crippen LogP contribution in [0, 0.1) is 0 Å². The third kappa shape index (κ3) is 2.40. The van der Waals surface area contributed by atoms with E-state index in [9.17, 15) is 4.79 Å². The van der Waals surface area contributed by atoms with Crippen molar-refractivity contribution in [3.05, 3.63) is 34.9 Å². The molecule has 1 heterocycles. The van der Waals surface area contributed by atoms with Crippen molar-refractivity contribution in [2.75, 3.05) is 26.3 Å². The minimum Gasteiger partial charge on any atom is -0.379 e. The monoisotopic (exact) mass is 273 g/mol. The third-order valence-corrected chi connectivity index (χ3v) is 4.72. The largest absolute Gasteiger partial charge is 0.379 e. The van der Waals surface area contributed by atoms with E-state index in [2.05, 4.69) is 17.0 Å². The van der Waals surface area contributed by atoms with Crippen molar-refractivity contribution < 1.29 is 9.53 Å². The van der Waals surface area contributed by atoms with Crippen molar-refractivity contribution in [2.24, 2.45) is 0 Å². The summed E-state index contributed by atoms with van der Waals surface area (Å²) < 4.78 is 5.39. The number of ketones is 1. The Kier molecular flexibility index (Phi) is 3.65. The Bertz CT molecular complexity index is 516. The van der Waals surface area contributed by atoms with Gasteiger partial charge in [-0.25, -0.2) is 0 Å². The van der Waals surface area contributed by atoms with E-state index in [1.165, 1.54) is 17.5 Å². The van der Waals surface area contributed by atoms with Crippen LogP contribution in [0.25, 0.3) is 0 Å². The second-order valence-corrected chi connectivity index (χ2v) is 6.32. The lowest BCUT2D eigenvalue weighted by Gasteiger charge is -2.39. The van der Waals surface area contributed by atoms with Gasteiger partial charge in [-0.2, -0.15) is 0 Å². The molecule has 0 amide bonds. The maximum atomic E-state index is 12.9. The van der Waals surface area contributed by atoms with Gasteiger partial charge in [-0.1, -0.05) is 12.1 Å². The summed E-state index contributed by atoms with van der Waals surface area (Å²) in [6.45, 7) is 7.19. The number of rotatable bonds is 3. The Morgan fingerprint density at radius 3 is 2.60 bits per heavy atom. The van der Waals surface area contributed by atoms with E-state index < -0.39 is 5.54 Å². The molecule has 1 aromatic carbocycles. The topological polar surface area (TPSA) is 29.5 Å². The summed E-state index contributed by atoms with van der Waals surface area (Å²) >= 11 is 0. The van der Waals surface area contributed by atoms with E-state index >= 15 is 0 Å². The average Bonchev–Trinajstić information content (AvgIpc) is 2.94. The predicted molar refractivity (Wildman–Crippen MR) is 79.3 cm³/mol. The Hall–Kier alpha value is -1.19. The van der Waals surface area contributed by atoms with Crippen LogP contribution in [0.2, 0.25) is 0 Å². The van der Waals surface area contributed by atoms with Crippen molar-refractivity contribution in [1.82, 2.24) is 4.90 Å². The number of carbonyl (C=O) groups is 1. The zero-order chi connectivity index (χ0) is 14.2. The lowest BCUT2D eigenvalue weighted by atomic mass is 9.89. The number of ether oxygens (including phenoxy) is 1. The lowest BCUT2D eigenvalue weighted by molar-refractivity contribution is -0.00430. The molecule has 20 heavy (non-hydrogen) atoms. The van der Waals surface area contributed by atoms with Gasteiger partial charge in [0.1, 0.15) is 0 Å². The number of carbonyl (C=O) groups excluding carboxylic acids is 1. The van der Waals surface area contributed by atoms with Crippen molar-refractivity contribution in [3.8, 4) is 0 Å². The third-order valence-electron chi connectivity index (χ3n) is 4.72. The molecule has 1 aromatic rings. The molecule has 2 aliphatic rings. The molecule has 0 unspecified atom stereocenters. The summed E-state index contributed by atoms with van der Waals surface area (Å²) in [5.74, 6) is 0.231. The molecule has 1 aliphatic carbocycles. The highest BCUT2D eigenvalue weighted by Gasteiger charge is 2.36. The summed E-state index contributed by atoms with van der Waals surface area (Å²) in [5.41, 5.74) is 3.21. The first-order valence-corrected chi connectivity index (χ1v) is 7.58. The first-order chi connectivity index (χ1) is 9.59. The number of nitrogens with zero attached hydrogens (tertiary/aromatic N) is 1. The molecular formula is C17H23NO2. The van der Waals surface area contributed by atoms with Crippen LogP contribution in [0.15, 0.2) is 18.2 Å². The van der Waals surface area contributed by atoms with Crippen LogP contribution in [0.4, 0.5) is 0 Å². The smallest absolute Gasteiger partial charge is 0.182 e. The average molecular weight is 273 g/mol. The Morgan fingerprint density at radius 1 is 1.15 bits per heavy atom. The van der Waals surface area contributed by atoms with Crippen LogP contribution in [0.5, 0.6) is 0 Å². The van der Waals surface area contributed by atoms with Crippen LogP contribution in [-0.4, -0.2) is 42.5 Å². The van der Waals surface area contributed by atoms with Gasteiger partial charge < -0.3 is 4.74 Å². The Labute approximate surface area is 120 Å². The summed E-state index contributed by atoms with van der Waals surface area (Å²) in [6, 6.07) is 6.27. The van der Waals surface area contributed by atoms with Gasteiger partial charge in [-0.15, -0.1) is 0 Å². The molecule has 1 fully saturated rings. The highest BCUT2D eigenvalue weighted by molar-refractivity contribution is 6.02. The summed E-state index contributed by atoms with van der Waals surface area (Å²) in [5, 5.41) is 0. The number of morpholine rings is 1. The molecular weight excluding hydrogens is 250 g/mol. The van der Waals surface area contributed by atoms with Crippen molar-refractivity contribution in [1.29, 1.82) is 0 Å². The van der Waals surface area contributed by atoms with Gasteiger partial charge >= 0.3 is 0 Å². The molecule has 3 rings (SSSR count). The minimum absolute atomic E-state index is 0.231. The molecule has 0 spiro atoms. The van der Waals surface area contributed by atoms with Crippen LogP contribution >= 0.6 is 0 Å². The van der Waals surface area contributed by atoms with Gasteiger partial charge in [-0.05, 0) is 50.3 Å². The van der Waals surface area contributed by atoms with Crippen LogP contribution in [0.1, 0.15) is 41.8 Å². The molecule has 0 bridgehead atoms. The van der Waals surface area contributed by atoms with Gasteiger partial charge in [-0.3, -0.25) is 9.69 Å². The maximum absolute atomic E-state index is 12.9. The zero-order valence-corrected chi connectivity index (χ0v) is 12.4. The molecule has 0 radical (unpaired) electrons. The number of fused-ring (bicyclic) bond motifs is 1. The van der Waals surface area contributed by atoms with Crippen LogP contribution < -0.4 is 0 Å². The molecule has 0 atom stereocenters. The van der Waals surface area contributed by atoms with E-state index in [0.717, 1.165) is 44.7 Å². The van der Waals surface area contributed by atoms with E-state index in [0.29, 0.717) is 0 Å². The highest BCUT2D eigenvalue weighted by atomic mass is 16.5. The van der Waals surface area contributed by atoms with E-state index in [1.807, 2.05) is 19.9 Å². The van der Waals surface area contributed by atoms with E-state index in [1.54, 1.807) is 0 Å². The van der Waals surface area contributed by atoms with Gasteiger partial charge in [0.15, 0.2) is 5.78 Å². The number of hydrogen-bond acceptors (Lipinski definition) is 3. The fourth-order valence-corrected chi connectivity index (χ4v) is 3.33. The van der Waals surface area contributed by atoms with Crippen molar-refractivity contribution in [2.45, 2.75) is 38.6 Å². The molecule has 3 nitrogen and oxygen atoms in total. The summed E-state index contributed by atoms with van der Waals surface area (Å²) in [7, 11) is 0. The Balaban J connectivity index is 1.83. The normalized spacial score (nSPS) is 19.9. The SMILES string of the molecule is CC(C)(C(=O)c1ccc2c(c1)CCC2)N1CCOCC1. The summed E-state index contributed by atoms with van der Waals surface area (Å²) in [4.78, 5) is 15.1. The molecule has 0 N–H and O–H groups in total. The molecule has 0 aromatic heterocycles. The van der Waals surface area contributed by atoms with Crippen LogP contribution in [0.3, 0.4) is 0 Å². The fraction of sp³-hybridized carbons (Fsp3) is 0.588. The standard InChI is InChI=1S/C17H23NO2/c1-17(2,18-8-10-20-11-9-18)16(19)15-7-6-13-4-3-5-14(13)12-15/h6-7,12H,3-5,8-11H2,1-2H3. The maximum Gasteiger partial charge on any atom is 0.182 e. The van der Waals surface area contributed by atoms with Crippen molar-refractivity contribution >= 4 is 5.78 Å². The second kappa shape index (κ2) is 5.30. The minimum atomic E-state index is -0.448. The van der Waals surface area contributed by atoms with Crippen LogP contribution in [-0.2, 0) is 17.6 Å². The number of Topliss-reactive ketones (excluding diaryl/α,β-unsaturated/α-hetero) is 1. The Morgan fingerprint density at radius 2 is 1.85 bits per heavy atom. The lowest BCUT2D eigenvalue weighted by Crippen LogP contribution is -2.54. The fourth-order valence-electron chi connectivity index (χ4n) is 3.33. The van der Waals surface area contributed by atoms with Gasteiger partial charge in [0.25, 0.3) is 0 Å². The van der Waals surface area contributed by atoms with Gasteiger partial charge in [0.2, 0.25) is 0 Å². The molecule has 1 aliphatic heterocycles. The number of hydrogen-bond donors (Lipinski definition) is 0. The van der Waals surface area contributed by atoms with Gasteiger partial charge in [0.05, 0.1) is 18.8 Å². The highest BCUT2D eigenvalue weighted by Crippen LogP contribution is 2.27. The number of aryl methyl sites for hydroxylation is 2. The first kappa shape index (κ1) is 13.8. The van der Waals surface area contributed by atoms with E-state index in [-0.39, 0.29) is 5.78 Å². The number of benzene rings is 1. The zero-order valence-electron chi connectivity index (χ0n) is 12.4. The second-order valence-electron chi connectivity index (χ2n) is 6.32. The molecule has 3 heteroatoms. The molecule has 1 saturated heterocycles. The van der Waals surface area contributed by atoms with Gasteiger partial charge in [0, 0.05) is 18.7 Å². The molecule has 108 valence electrons. The summed E-state index contributed by atoms with van der Waals surface area (Å²) in [6.07, 6.45) is 3.50. The quantitative estimate of drug-likeness (QED) is 0.792.